The van der Waals surface area contributed by atoms with E-state index in [1.165, 1.54) is 0 Å². The Morgan fingerprint density at radius 2 is 2.16 bits per heavy atom. The summed E-state index contributed by atoms with van der Waals surface area (Å²) < 4.78 is 5.66. The Hall–Kier alpha value is -1.55. The van der Waals surface area contributed by atoms with Crippen LogP contribution in [0.2, 0.25) is 0 Å². The molecule has 0 saturated heterocycles. The Morgan fingerprint density at radius 3 is 2.84 bits per heavy atom. The zero-order valence-corrected chi connectivity index (χ0v) is 12.0. The van der Waals surface area contributed by atoms with Crippen LogP contribution in [0.25, 0.3) is 0 Å². The summed E-state index contributed by atoms with van der Waals surface area (Å²) in [5.74, 6) is 1.42. The molecule has 0 atom stereocenters. The monoisotopic (exact) mass is 264 g/mol. The first kappa shape index (κ1) is 15.5. The van der Waals surface area contributed by atoms with Crippen LogP contribution in [0.15, 0.2) is 24.3 Å². The SMILES string of the molecule is CNCCC(=O)NCc1cccc(OCC(C)C)c1. The highest BCUT2D eigenvalue weighted by molar-refractivity contribution is 5.76. The smallest absolute Gasteiger partial charge is 0.221 e. The van der Waals surface area contributed by atoms with Crippen molar-refractivity contribution in [2.75, 3.05) is 20.2 Å². The highest BCUT2D eigenvalue weighted by Gasteiger charge is 2.02. The van der Waals surface area contributed by atoms with Gasteiger partial charge in [0.1, 0.15) is 5.75 Å². The lowest BCUT2D eigenvalue weighted by atomic mass is 10.2. The van der Waals surface area contributed by atoms with Crippen LogP contribution in [0, 0.1) is 5.92 Å². The van der Waals surface area contributed by atoms with E-state index in [9.17, 15) is 4.79 Å². The third kappa shape index (κ3) is 6.82. The quantitative estimate of drug-likeness (QED) is 0.754. The summed E-state index contributed by atoms with van der Waals surface area (Å²) in [4.78, 5) is 11.5. The van der Waals surface area contributed by atoms with E-state index in [1.54, 1.807) is 0 Å². The molecule has 0 aromatic heterocycles. The van der Waals surface area contributed by atoms with Gasteiger partial charge in [-0.2, -0.15) is 0 Å². The van der Waals surface area contributed by atoms with Gasteiger partial charge in [-0.25, -0.2) is 0 Å². The standard InChI is InChI=1S/C15H24N2O2/c1-12(2)11-19-14-6-4-5-13(9-14)10-17-15(18)7-8-16-3/h4-6,9,12,16H,7-8,10-11H2,1-3H3,(H,17,18). The van der Waals surface area contributed by atoms with Crippen molar-refractivity contribution in [3.8, 4) is 5.75 Å². The number of carbonyl (C=O) groups is 1. The molecule has 0 aliphatic heterocycles. The van der Waals surface area contributed by atoms with Crippen molar-refractivity contribution in [3.05, 3.63) is 29.8 Å². The fourth-order valence-electron chi connectivity index (χ4n) is 1.54. The van der Waals surface area contributed by atoms with Crippen LogP contribution in [0.3, 0.4) is 0 Å². The van der Waals surface area contributed by atoms with E-state index in [1.807, 2.05) is 31.3 Å². The number of nitrogens with one attached hydrogen (secondary N) is 2. The molecule has 4 nitrogen and oxygen atoms in total. The lowest BCUT2D eigenvalue weighted by Gasteiger charge is -2.10. The molecule has 0 spiro atoms. The van der Waals surface area contributed by atoms with E-state index in [0.717, 1.165) is 11.3 Å². The molecule has 0 saturated carbocycles. The summed E-state index contributed by atoms with van der Waals surface area (Å²) in [5.41, 5.74) is 1.05. The summed E-state index contributed by atoms with van der Waals surface area (Å²) in [6, 6.07) is 7.85. The topological polar surface area (TPSA) is 50.4 Å². The Morgan fingerprint density at radius 1 is 1.37 bits per heavy atom. The average Bonchev–Trinajstić information content (AvgIpc) is 2.41. The molecule has 1 aromatic rings. The fourth-order valence-corrected chi connectivity index (χ4v) is 1.54. The molecule has 0 aliphatic carbocycles. The number of ether oxygens (including phenoxy) is 1. The van der Waals surface area contributed by atoms with Crippen LogP contribution in [0.1, 0.15) is 25.8 Å². The van der Waals surface area contributed by atoms with Crippen LogP contribution in [-0.2, 0) is 11.3 Å². The maximum absolute atomic E-state index is 11.5. The highest BCUT2D eigenvalue weighted by atomic mass is 16.5. The Labute approximate surface area is 115 Å². The summed E-state index contributed by atoms with van der Waals surface area (Å²) >= 11 is 0. The molecule has 19 heavy (non-hydrogen) atoms. The summed E-state index contributed by atoms with van der Waals surface area (Å²) in [7, 11) is 1.84. The maximum Gasteiger partial charge on any atom is 0.221 e. The average molecular weight is 264 g/mol. The summed E-state index contributed by atoms with van der Waals surface area (Å²) in [6.45, 7) is 6.18. The van der Waals surface area contributed by atoms with Gasteiger partial charge in [0.2, 0.25) is 5.91 Å². The molecule has 106 valence electrons. The van der Waals surface area contributed by atoms with Crippen molar-refractivity contribution in [2.24, 2.45) is 5.92 Å². The maximum atomic E-state index is 11.5. The molecule has 0 bridgehead atoms. The first-order valence-electron chi connectivity index (χ1n) is 6.75. The van der Waals surface area contributed by atoms with E-state index >= 15 is 0 Å². The molecule has 4 heteroatoms. The van der Waals surface area contributed by atoms with Gasteiger partial charge in [-0.3, -0.25) is 4.79 Å². The van der Waals surface area contributed by atoms with Gasteiger partial charge >= 0.3 is 0 Å². The normalized spacial score (nSPS) is 10.5. The minimum Gasteiger partial charge on any atom is -0.493 e. The lowest BCUT2D eigenvalue weighted by molar-refractivity contribution is -0.121. The molecular weight excluding hydrogens is 240 g/mol. The van der Waals surface area contributed by atoms with Crippen molar-refractivity contribution in [3.63, 3.8) is 0 Å². The van der Waals surface area contributed by atoms with E-state index in [4.69, 9.17) is 4.74 Å². The van der Waals surface area contributed by atoms with Gasteiger partial charge in [0, 0.05) is 19.5 Å². The fraction of sp³-hybridized carbons (Fsp3) is 0.533. The third-order valence-corrected chi connectivity index (χ3v) is 2.57. The third-order valence-electron chi connectivity index (χ3n) is 2.57. The minimum absolute atomic E-state index is 0.0582. The predicted molar refractivity (Wildman–Crippen MR) is 77.2 cm³/mol. The van der Waals surface area contributed by atoms with Crippen LogP contribution in [-0.4, -0.2) is 26.1 Å². The Bertz CT molecular complexity index is 391. The van der Waals surface area contributed by atoms with Gasteiger partial charge in [0.15, 0.2) is 0 Å². The van der Waals surface area contributed by atoms with Crippen LogP contribution >= 0.6 is 0 Å². The minimum atomic E-state index is 0.0582. The number of rotatable bonds is 8. The van der Waals surface area contributed by atoms with E-state index in [0.29, 0.717) is 32.0 Å². The van der Waals surface area contributed by atoms with Crippen molar-refractivity contribution >= 4 is 5.91 Å². The number of carbonyl (C=O) groups excluding carboxylic acids is 1. The van der Waals surface area contributed by atoms with Crippen molar-refractivity contribution in [1.82, 2.24) is 10.6 Å². The number of hydrogen-bond acceptors (Lipinski definition) is 3. The molecule has 1 aromatic carbocycles. The van der Waals surface area contributed by atoms with E-state index < -0.39 is 0 Å². The highest BCUT2D eigenvalue weighted by Crippen LogP contribution is 2.14. The van der Waals surface area contributed by atoms with Gasteiger partial charge < -0.3 is 15.4 Å². The zero-order chi connectivity index (χ0) is 14.1. The first-order chi connectivity index (χ1) is 9.11. The summed E-state index contributed by atoms with van der Waals surface area (Å²) in [5, 5.41) is 5.84. The number of amides is 1. The second kappa shape index (κ2) is 8.53. The van der Waals surface area contributed by atoms with Crippen molar-refractivity contribution in [2.45, 2.75) is 26.8 Å². The molecule has 0 unspecified atom stereocenters. The van der Waals surface area contributed by atoms with E-state index in [2.05, 4.69) is 24.5 Å². The van der Waals surface area contributed by atoms with E-state index in [-0.39, 0.29) is 5.91 Å². The Kier molecular flexibility index (Phi) is 6.97. The molecule has 1 amide bonds. The largest absolute Gasteiger partial charge is 0.493 e. The van der Waals surface area contributed by atoms with Gasteiger partial charge in [0.05, 0.1) is 6.61 Å². The first-order valence-corrected chi connectivity index (χ1v) is 6.75. The molecule has 0 heterocycles. The summed E-state index contributed by atoms with van der Waals surface area (Å²) in [6.07, 6.45) is 0.500. The van der Waals surface area contributed by atoms with Gasteiger partial charge in [-0.1, -0.05) is 26.0 Å². The van der Waals surface area contributed by atoms with Crippen molar-refractivity contribution in [1.29, 1.82) is 0 Å². The molecular formula is C15H24N2O2. The predicted octanol–water partition coefficient (Wildman–Crippen LogP) is 1.95. The molecule has 0 aliphatic rings. The number of benzene rings is 1. The molecule has 2 N–H and O–H groups in total. The molecule has 0 radical (unpaired) electrons. The molecule has 0 fully saturated rings. The van der Waals surface area contributed by atoms with Gasteiger partial charge in [-0.15, -0.1) is 0 Å². The van der Waals surface area contributed by atoms with Gasteiger partial charge in [0.25, 0.3) is 0 Å². The molecule has 1 rings (SSSR count). The van der Waals surface area contributed by atoms with Crippen molar-refractivity contribution < 1.29 is 9.53 Å². The Balaban J connectivity index is 2.41. The van der Waals surface area contributed by atoms with Crippen LogP contribution in [0.4, 0.5) is 0 Å². The second-order valence-corrected chi connectivity index (χ2v) is 4.98. The second-order valence-electron chi connectivity index (χ2n) is 4.98. The van der Waals surface area contributed by atoms with Crippen LogP contribution < -0.4 is 15.4 Å². The van der Waals surface area contributed by atoms with Crippen LogP contribution in [0.5, 0.6) is 5.75 Å². The zero-order valence-electron chi connectivity index (χ0n) is 12.0. The number of hydrogen-bond donors (Lipinski definition) is 2. The lowest BCUT2D eigenvalue weighted by Crippen LogP contribution is -2.26. The van der Waals surface area contributed by atoms with Gasteiger partial charge in [-0.05, 0) is 30.7 Å².